The summed E-state index contributed by atoms with van der Waals surface area (Å²) in [5, 5.41) is 5.22. The van der Waals surface area contributed by atoms with Crippen molar-refractivity contribution in [2.24, 2.45) is 5.73 Å². The highest BCUT2D eigenvalue weighted by atomic mass is 16.5. The van der Waals surface area contributed by atoms with E-state index in [4.69, 9.17) is 10.5 Å². The van der Waals surface area contributed by atoms with Crippen LogP contribution in [0.5, 0.6) is 0 Å². The van der Waals surface area contributed by atoms with Gasteiger partial charge in [-0.25, -0.2) is 4.79 Å². The summed E-state index contributed by atoms with van der Waals surface area (Å²) in [6.45, 7) is 2.60. The van der Waals surface area contributed by atoms with Crippen molar-refractivity contribution in [3.05, 3.63) is 35.9 Å². The molecule has 3 amide bonds. The maximum atomic E-state index is 12.3. The predicted molar refractivity (Wildman–Crippen MR) is 89.9 cm³/mol. The lowest BCUT2D eigenvalue weighted by Crippen LogP contribution is -2.47. The van der Waals surface area contributed by atoms with E-state index in [9.17, 15) is 14.4 Å². The van der Waals surface area contributed by atoms with Gasteiger partial charge < -0.3 is 21.1 Å². The van der Waals surface area contributed by atoms with E-state index in [1.165, 1.54) is 0 Å². The number of amides is 3. The van der Waals surface area contributed by atoms with Gasteiger partial charge in [-0.3, -0.25) is 9.59 Å². The first kappa shape index (κ1) is 19.5. The average Bonchev–Trinajstić information content (AvgIpc) is 2.57. The fraction of sp³-hybridized carbons (Fsp3) is 0.471. The minimum absolute atomic E-state index is 0.00133. The van der Waals surface area contributed by atoms with E-state index >= 15 is 0 Å². The summed E-state index contributed by atoms with van der Waals surface area (Å²) in [4.78, 5) is 34.9. The molecule has 132 valence electrons. The summed E-state index contributed by atoms with van der Waals surface area (Å²) in [6, 6.07) is 8.52. The van der Waals surface area contributed by atoms with Crippen LogP contribution in [0.1, 0.15) is 38.2 Å². The average molecular weight is 335 g/mol. The molecule has 0 heterocycles. The molecule has 0 aliphatic carbocycles. The minimum Gasteiger partial charge on any atom is -0.450 e. The number of alkyl carbamates (subject to hydrolysis) is 1. The van der Waals surface area contributed by atoms with Gasteiger partial charge in [-0.15, -0.1) is 0 Å². The number of unbranched alkanes of at least 4 members (excludes halogenated alkanes) is 1. The molecular formula is C17H25N3O4. The lowest BCUT2D eigenvalue weighted by atomic mass is 10.1. The van der Waals surface area contributed by atoms with Gasteiger partial charge in [-0.2, -0.15) is 0 Å². The van der Waals surface area contributed by atoms with Crippen molar-refractivity contribution in [3.63, 3.8) is 0 Å². The predicted octanol–water partition coefficient (Wildman–Crippen LogP) is 1.46. The number of primary amides is 1. The van der Waals surface area contributed by atoms with E-state index < -0.39 is 18.0 Å². The fourth-order valence-corrected chi connectivity index (χ4v) is 1.96. The zero-order chi connectivity index (χ0) is 17.8. The van der Waals surface area contributed by atoms with Gasteiger partial charge in [0.1, 0.15) is 6.04 Å². The second-order valence-corrected chi connectivity index (χ2v) is 5.39. The molecule has 0 aromatic heterocycles. The molecule has 0 aliphatic heterocycles. The number of nitrogens with one attached hydrogen (secondary N) is 2. The van der Waals surface area contributed by atoms with Gasteiger partial charge >= 0.3 is 6.09 Å². The molecule has 0 aliphatic rings. The molecule has 0 unspecified atom stereocenters. The molecule has 0 saturated carbocycles. The molecule has 0 saturated heterocycles. The first-order valence-corrected chi connectivity index (χ1v) is 8.06. The molecule has 24 heavy (non-hydrogen) atoms. The van der Waals surface area contributed by atoms with Gasteiger partial charge in [0, 0.05) is 13.0 Å². The third kappa shape index (κ3) is 8.17. The summed E-state index contributed by atoms with van der Waals surface area (Å²) in [6.07, 6.45) is 1.10. The van der Waals surface area contributed by atoms with Crippen LogP contribution in [0.3, 0.4) is 0 Å². The molecule has 4 N–H and O–H groups in total. The quantitative estimate of drug-likeness (QED) is 0.562. The number of ether oxygens (including phenoxy) is 1. The summed E-state index contributed by atoms with van der Waals surface area (Å²) >= 11 is 0. The number of nitrogens with two attached hydrogens (primary N) is 1. The van der Waals surface area contributed by atoms with E-state index in [0.29, 0.717) is 6.54 Å². The number of carbonyl (C=O) groups excluding carboxylic acids is 3. The van der Waals surface area contributed by atoms with Gasteiger partial charge in [-0.05, 0) is 18.4 Å². The summed E-state index contributed by atoms with van der Waals surface area (Å²) in [5.41, 5.74) is 6.06. The van der Waals surface area contributed by atoms with E-state index in [1.54, 1.807) is 0 Å². The maximum absolute atomic E-state index is 12.3. The van der Waals surface area contributed by atoms with Crippen LogP contribution in [0.25, 0.3) is 0 Å². The summed E-state index contributed by atoms with van der Waals surface area (Å²) in [7, 11) is 0. The highest BCUT2D eigenvalue weighted by Gasteiger charge is 2.21. The monoisotopic (exact) mass is 335 g/mol. The standard InChI is InChI=1S/C17H25N3O4/c1-2-3-11-24-17(23)20-14(9-10-15(18)21)16(22)19-12-13-7-5-4-6-8-13/h4-8,14H,2-3,9-12H2,1H3,(H2,18,21)(H,19,22)(H,20,23)/t14-/m0/s1. The van der Waals surface area contributed by atoms with E-state index in [2.05, 4.69) is 10.6 Å². The molecular weight excluding hydrogens is 310 g/mol. The lowest BCUT2D eigenvalue weighted by Gasteiger charge is -2.18. The Labute approximate surface area is 141 Å². The van der Waals surface area contributed by atoms with Crippen molar-refractivity contribution in [2.75, 3.05) is 6.61 Å². The van der Waals surface area contributed by atoms with Gasteiger partial charge in [-0.1, -0.05) is 43.7 Å². The SMILES string of the molecule is CCCCOC(=O)N[C@@H](CCC(N)=O)C(=O)NCc1ccccc1. The Hall–Kier alpha value is -2.57. The Morgan fingerprint density at radius 2 is 1.92 bits per heavy atom. The van der Waals surface area contributed by atoms with Crippen LogP contribution in [0.2, 0.25) is 0 Å². The Morgan fingerprint density at radius 1 is 1.21 bits per heavy atom. The minimum atomic E-state index is -0.865. The molecule has 1 aromatic rings. The van der Waals surface area contributed by atoms with Crippen LogP contribution in [-0.2, 0) is 20.9 Å². The molecule has 1 rings (SSSR count). The van der Waals surface area contributed by atoms with Gasteiger partial charge in [0.15, 0.2) is 0 Å². The molecule has 0 fully saturated rings. The largest absolute Gasteiger partial charge is 0.450 e. The zero-order valence-electron chi connectivity index (χ0n) is 13.9. The maximum Gasteiger partial charge on any atom is 0.407 e. The third-order valence-electron chi connectivity index (χ3n) is 3.33. The lowest BCUT2D eigenvalue weighted by molar-refractivity contribution is -0.123. The van der Waals surface area contributed by atoms with Gasteiger partial charge in [0.2, 0.25) is 11.8 Å². The van der Waals surface area contributed by atoms with Crippen LogP contribution >= 0.6 is 0 Å². The zero-order valence-corrected chi connectivity index (χ0v) is 13.9. The molecule has 7 nitrogen and oxygen atoms in total. The fourth-order valence-electron chi connectivity index (χ4n) is 1.96. The normalized spacial score (nSPS) is 11.4. The van der Waals surface area contributed by atoms with Crippen LogP contribution in [0.4, 0.5) is 4.79 Å². The van der Waals surface area contributed by atoms with Gasteiger partial charge in [0.05, 0.1) is 6.61 Å². The Kier molecular flexibility index (Phi) is 8.96. The smallest absolute Gasteiger partial charge is 0.407 e. The first-order valence-electron chi connectivity index (χ1n) is 8.06. The number of rotatable bonds is 10. The van der Waals surface area contributed by atoms with Crippen molar-refractivity contribution in [1.29, 1.82) is 0 Å². The van der Waals surface area contributed by atoms with Crippen molar-refractivity contribution in [2.45, 2.75) is 45.2 Å². The molecule has 0 radical (unpaired) electrons. The first-order chi connectivity index (χ1) is 11.5. The molecule has 7 heteroatoms. The second-order valence-electron chi connectivity index (χ2n) is 5.39. The van der Waals surface area contributed by atoms with Crippen molar-refractivity contribution >= 4 is 17.9 Å². The van der Waals surface area contributed by atoms with Crippen molar-refractivity contribution in [1.82, 2.24) is 10.6 Å². The van der Waals surface area contributed by atoms with Crippen LogP contribution in [0.15, 0.2) is 30.3 Å². The Bertz CT molecular complexity index is 534. The number of carbonyl (C=O) groups is 3. The molecule has 0 bridgehead atoms. The highest BCUT2D eigenvalue weighted by molar-refractivity contribution is 5.86. The van der Waals surface area contributed by atoms with Crippen LogP contribution in [0, 0.1) is 0 Å². The highest BCUT2D eigenvalue weighted by Crippen LogP contribution is 2.02. The molecule has 0 spiro atoms. The molecule has 1 atom stereocenters. The van der Waals surface area contributed by atoms with Crippen LogP contribution in [-0.4, -0.2) is 30.6 Å². The molecule has 1 aromatic carbocycles. The third-order valence-corrected chi connectivity index (χ3v) is 3.33. The number of hydrogen-bond acceptors (Lipinski definition) is 4. The number of benzene rings is 1. The second kappa shape index (κ2) is 11.0. The van der Waals surface area contributed by atoms with E-state index in [0.717, 1.165) is 18.4 Å². The summed E-state index contributed by atoms with van der Waals surface area (Å²) < 4.78 is 4.99. The topological polar surface area (TPSA) is 111 Å². The van der Waals surface area contributed by atoms with E-state index in [-0.39, 0.29) is 25.4 Å². The van der Waals surface area contributed by atoms with Crippen LogP contribution < -0.4 is 16.4 Å². The Morgan fingerprint density at radius 3 is 2.54 bits per heavy atom. The van der Waals surface area contributed by atoms with Crippen molar-refractivity contribution in [3.8, 4) is 0 Å². The Balaban J connectivity index is 2.54. The van der Waals surface area contributed by atoms with Crippen molar-refractivity contribution < 1.29 is 19.1 Å². The number of hydrogen-bond donors (Lipinski definition) is 3. The van der Waals surface area contributed by atoms with Gasteiger partial charge in [0.25, 0.3) is 0 Å². The summed E-state index contributed by atoms with van der Waals surface area (Å²) in [5.74, 6) is -0.912. The van der Waals surface area contributed by atoms with E-state index in [1.807, 2.05) is 37.3 Å².